The quantitative estimate of drug-likeness (QED) is 0.746. The molecular weight excluding hydrogens is 240 g/mol. The van der Waals surface area contributed by atoms with Gasteiger partial charge < -0.3 is 29.2 Å². The number of ether oxygens (including phenoxy) is 4. The predicted octanol–water partition coefficient (Wildman–Crippen LogP) is 0.0128. The summed E-state index contributed by atoms with van der Waals surface area (Å²) in [4.78, 5) is 0. The molecule has 18 heavy (non-hydrogen) atoms. The van der Waals surface area contributed by atoms with Crippen molar-refractivity contribution in [3.8, 4) is 0 Å². The van der Waals surface area contributed by atoms with Crippen molar-refractivity contribution >= 4 is 0 Å². The Labute approximate surface area is 107 Å². The van der Waals surface area contributed by atoms with Crippen LogP contribution in [-0.2, 0) is 18.9 Å². The second-order valence-electron chi connectivity index (χ2n) is 5.79. The van der Waals surface area contributed by atoms with Crippen molar-refractivity contribution in [1.82, 2.24) is 0 Å². The van der Waals surface area contributed by atoms with Crippen LogP contribution < -0.4 is 0 Å². The van der Waals surface area contributed by atoms with Gasteiger partial charge in [-0.1, -0.05) is 0 Å². The largest absolute Gasteiger partial charge is 0.393 e. The van der Waals surface area contributed by atoms with Crippen LogP contribution in [0.2, 0.25) is 0 Å². The zero-order chi connectivity index (χ0) is 13.6. The van der Waals surface area contributed by atoms with E-state index in [-0.39, 0.29) is 19.3 Å². The summed E-state index contributed by atoms with van der Waals surface area (Å²) in [6.07, 6.45) is -0.939. The van der Waals surface area contributed by atoms with Crippen molar-refractivity contribution in [3.05, 3.63) is 0 Å². The van der Waals surface area contributed by atoms with Crippen LogP contribution in [-0.4, -0.2) is 59.4 Å². The standard InChI is InChI=1S/C12H22O6/c1-10(2)15-5-8(16-10)9-12(6-13,7-14)18-11(3,4)17-9/h8-9,13-14H,5-7H2,1-4H3. The maximum Gasteiger partial charge on any atom is 0.164 e. The average Bonchev–Trinajstić information content (AvgIpc) is 2.76. The van der Waals surface area contributed by atoms with Gasteiger partial charge in [0.05, 0.1) is 19.8 Å². The Kier molecular flexibility index (Phi) is 3.46. The van der Waals surface area contributed by atoms with Crippen LogP contribution in [0.3, 0.4) is 0 Å². The van der Waals surface area contributed by atoms with E-state index in [0.29, 0.717) is 6.61 Å². The summed E-state index contributed by atoms with van der Waals surface area (Å²) in [5.74, 6) is -1.55. The van der Waals surface area contributed by atoms with Gasteiger partial charge in [-0.3, -0.25) is 0 Å². The highest BCUT2D eigenvalue weighted by Gasteiger charge is 2.58. The summed E-state index contributed by atoms with van der Waals surface area (Å²) in [6, 6.07) is 0. The number of aliphatic hydroxyl groups excluding tert-OH is 2. The highest BCUT2D eigenvalue weighted by molar-refractivity contribution is 5.01. The normalized spacial score (nSPS) is 37.0. The lowest BCUT2D eigenvalue weighted by Crippen LogP contribution is -2.53. The molecule has 2 aliphatic heterocycles. The smallest absolute Gasteiger partial charge is 0.164 e. The van der Waals surface area contributed by atoms with Crippen molar-refractivity contribution in [2.75, 3.05) is 19.8 Å². The van der Waals surface area contributed by atoms with Gasteiger partial charge in [0.15, 0.2) is 11.6 Å². The molecule has 2 unspecified atom stereocenters. The van der Waals surface area contributed by atoms with Crippen LogP contribution in [0.25, 0.3) is 0 Å². The van der Waals surface area contributed by atoms with Crippen molar-refractivity contribution in [1.29, 1.82) is 0 Å². The first-order valence-corrected chi connectivity index (χ1v) is 6.15. The maximum atomic E-state index is 9.55. The summed E-state index contributed by atoms with van der Waals surface area (Å²) in [6.45, 7) is 6.79. The molecule has 0 aromatic rings. The number of aliphatic hydroxyl groups is 2. The number of hydrogen-bond acceptors (Lipinski definition) is 6. The summed E-state index contributed by atoms with van der Waals surface area (Å²) in [5, 5.41) is 19.1. The van der Waals surface area contributed by atoms with E-state index >= 15 is 0 Å². The molecule has 0 aromatic heterocycles. The van der Waals surface area contributed by atoms with Crippen molar-refractivity contribution < 1.29 is 29.2 Å². The second-order valence-corrected chi connectivity index (χ2v) is 5.79. The molecular formula is C12H22O6. The molecule has 0 spiro atoms. The Morgan fingerprint density at radius 3 is 2.06 bits per heavy atom. The van der Waals surface area contributed by atoms with E-state index in [1.165, 1.54) is 0 Å². The predicted molar refractivity (Wildman–Crippen MR) is 61.8 cm³/mol. The van der Waals surface area contributed by atoms with Crippen LogP contribution in [0.5, 0.6) is 0 Å². The first-order valence-electron chi connectivity index (χ1n) is 6.15. The van der Waals surface area contributed by atoms with Gasteiger partial charge in [0.2, 0.25) is 0 Å². The summed E-state index contributed by atoms with van der Waals surface area (Å²) >= 11 is 0. The fourth-order valence-electron chi connectivity index (χ4n) is 2.56. The molecule has 0 saturated carbocycles. The number of hydrogen-bond donors (Lipinski definition) is 2. The molecule has 106 valence electrons. The molecule has 0 bridgehead atoms. The van der Waals surface area contributed by atoms with E-state index in [4.69, 9.17) is 18.9 Å². The maximum absolute atomic E-state index is 9.55. The molecule has 6 heteroatoms. The summed E-state index contributed by atoms with van der Waals surface area (Å²) in [5.41, 5.74) is -1.15. The minimum atomic E-state index is -1.15. The molecule has 2 fully saturated rings. The van der Waals surface area contributed by atoms with Crippen LogP contribution >= 0.6 is 0 Å². The Hall–Kier alpha value is -0.240. The molecule has 2 N–H and O–H groups in total. The van der Waals surface area contributed by atoms with E-state index in [2.05, 4.69) is 0 Å². The highest BCUT2D eigenvalue weighted by atomic mass is 16.8. The Morgan fingerprint density at radius 2 is 1.61 bits per heavy atom. The average molecular weight is 262 g/mol. The van der Waals surface area contributed by atoms with Crippen molar-refractivity contribution in [3.63, 3.8) is 0 Å². The van der Waals surface area contributed by atoms with E-state index in [1.54, 1.807) is 13.8 Å². The number of rotatable bonds is 3. The third-order valence-corrected chi connectivity index (χ3v) is 3.28. The molecule has 2 atom stereocenters. The van der Waals surface area contributed by atoms with Crippen LogP contribution in [0, 0.1) is 0 Å². The summed E-state index contributed by atoms with van der Waals surface area (Å²) < 4.78 is 22.7. The molecule has 2 rings (SSSR count). The molecule has 2 saturated heterocycles. The molecule has 2 aliphatic rings. The first-order chi connectivity index (χ1) is 8.24. The highest BCUT2D eigenvalue weighted by Crippen LogP contribution is 2.41. The molecule has 2 heterocycles. The van der Waals surface area contributed by atoms with Gasteiger partial charge in [0.25, 0.3) is 0 Å². The molecule has 0 radical (unpaired) electrons. The van der Waals surface area contributed by atoms with Crippen molar-refractivity contribution in [2.45, 2.75) is 57.1 Å². The van der Waals surface area contributed by atoms with Gasteiger partial charge >= 0.3 is 0 Å². The minimum absolute atomic E-state index is 0.335. The zero-order valence-corrected chi connectivity index (χ0v) is 11.3. The third kappa shape index (κ3) is 2.41. The van der Waals surface area contributed by atoms with Gasteiger partial charge in [-0.15, -0.1) is 0 Å². The van der Waals surface area contributed by atoms with Crippen LogP contribution in [0.4, 0.5) is 0 Å². The molecule has 0 amide bonds. The van der Waals surface area contributed by atoms with E-state index < -0.39 is 23.3 Å². The lowest BCUT2D eigenvalue weighted by atomic mass is 9.94. The van der Waals surface area contributed by atoms with Crippen LogP contribution in [0.15, 0.2) is 0 Å². The van der Waals surface area contributed by atoms with E-state index in [0.717, 1.165) is 0 Å². The van der Waals surface area contributed by atoms with Gasteiger partial charge in [-0.05, 0) is 27.7 Å². The van der Waals surface area contributed by atoms with Gasteiger partial charge in [-0.25, -0.2) is 0 Å². The topological polar surface area (TPSA) is 77.4 Å². The van der Waals surface area contributed by atoms with E-state index in [1.807, 2.05) is 13.8 Å². The molecule has 0 aliphatic carbocycles. The van der Waals surface area contributed by atoms with E-state index in [9.17, 15) is 10.2 Å². The fourth-order valence-corrected chi connectivity index (χ4v) is 2.56. The summed E-state index contributed by atoms with van der Waals surface area (Å²) in [7, 11) is 0. The molecule has 6 nitrogen and oxygen atoms in total. The first kappa shape index (κ1) is 14.2. The SMILES string of the molecule is CC1(C)OCC(C2OC(C)(C)OC2(CO)CO)O1. The third-order valence-electron chi connectivity index (χ3n) is 3.28. The second kappa shape index (κ2) is 4.40. The minimum Gasteiger partial charge on any atom is -0.393 e. The fraction of sp³-hybridized carbons (Fsp3) is 1.00. The monoisotopic (exact) mass is 262 g/mol. The lowest BCUT2D eigenvalue weighted by molar-refractivity contribution is -0.180. The van der Waals surface area contributed by atoms with Crippen LogP contribution in [0.1, 0.15) is 27.7 Å². The molecule has 0 aromatic carbocycles. The van der Waals surface area contributed by atoms with Crippen molar-refractivity contribution in [2.24, 2.45) is 0 Å². The van der Waals surface area contributed by atoms with Gasteiger partial charge in [-0.2, -0.15) is 0 Å². The van der Waals surface area contributed by atoms with Gasteiger partial charge in [0.1, 0.15) is 17.8 Å². The Morgan fingerprint density at radius 1 is 1.00 bits per heavy atom. The zero-order valence-electron chi connectivity index (χ0n) is 11.3. The Balaban J connectivity index is 2.20. The van der Waals surface area contributed by atoms with Gasteiger partial charge in [0, 0.05) is 0 Å². The Bertz CT molecular complexity index is 310. The lowest BCUT2D eigenvalue weighted by Gasteiger charge is -2.31.